The van der Waals surface area contributed by atoms with E-state index >= 15 is 0 Å². The van der Waals surface area contributed by atoms with Crippen molar-refractivity contribution in [2.24, 2.45) is 0 Å². The number of benzene rings is 2. The summed E-state index contributed by atoms with van der Waals surface area (Å²) >= 11 is 0. The summed E-state index contributed by atoms with van der Waals surface area (Å²) < 4.78 is 0. The molecule has 0 radical (unpaired) electrons. The second kappa shape index (κ2) is 12.3. The van der Waals surface area contributed by atoms with Gasteiger partial charge >= 0.3 is 0 Å². The Bertz CT molecular complexity index is 327. The molecule has 3 heteroatoms. The summed E-state index contributed by atoms with van der Waals surface area (Å²) in [4.78, 5) is 0. The van der Waals surface area contributed by atoms with Crippen LogP contribution in [0.5, 0.6) is 0 Å². The summed E-state index contributed by atoms with van der Waals surface area (Å²) in [6.45, 7) is 4.00. The van der Waals surface area contributed by atoms with Gasteiger partial charge in [0.1, 0.15) is 0 Å². The van der Waals surface area contributed by atoms with E-state index in [-0.39, 0.29) is 32.8 Å². The maximum atomic E-state index is 2.17. The fourth-order valence-electron chi connectivity index (χ4n) is 1.21. The summed E-state index contributed by atoms with van der Waals surface area (Å²) in [6.07, 6.45) is 0. The Balaban J connectivity index is 0. The van der Waals surface area contributed by atoms with Crippen LogP contribution in [0.25, 0.3) is 0 Å². The van der Waals surface area contributed by atoms with Crippen LogP contribution >= 0.6 is 8.58 Å². The van der Waals surface area contributed by atoms with Gasteiger partial charge < -0.3 is 12.4 Å². The molecule has 96 valence electrons. The normalized spacial score (nSPS) is 7.88. The molecule has 0 aliphatic rings. The van der Waals surface area contributed by atoms with Gasteiger partial charge in [0, 0.05) is 20.4 Å². The van der Waals surface area contributed by atoms with Gasteiger partial charge in [-0.15, -0.1) is 0 Å². The van der Waals surface area contributed by atoms with E-state index in [1.807, 2.05) is 13.8 Å². The molecule has 0 aromatic heterocycles. The molecule has 0 fully saturated rings. The molecule has 0 bridgehead atoms. The predicted octanol–water partition coefficient (Wildman–Crippen LogP) is 0.344. The van der Waals surface area contributed by atoms with Crippen molar-refractivity contribution >= 4 is 19.2 Å². The third-order valence-electron chi connectivity index (χ3n) is 1.84. The second-order valence-corrected chi connectivity index (χ2v) is 4.26. The van der Waals surface area contributed by atoms with Crippen molar-refractivity contribution < 1.29 is 32.8 Å². The van der Waals surface area contributed by atoms with Crippen molar-refractivity contribution in [3.05, 3.63) is 60.7 Å². The summed E-state index contributed by atoms with van der Waals surface area (Å²) in [5.74, 6) is 0. The summed E-state index contributed by atoms with van der Waals surface area (Å²) in [5, 5.41) is 2.79. The van der Waals surface area contributed by atoms with Crippen molar-refractivity contribution in [2.75, 3.05) is 0 Å². The van der Waals surface area contributed by atoms with E-state index in [1.165, 1.54) is 10.6 Å². The SMILES string of the molecule is CC.[Cl-].[Pd].c1ccc(Pc2ccccc2)cc1. The van der Waals surface area contributed by atoms with Gasteiger partial charge in [0.25, 0.3) is 0 Å². The third kappa shape index (κ3) is 7.69. The number of rotatable bonds is 2. The molecule has 0 nitrogen and oxygen atoms in total. The minimum absolute atomic E-state index is 0. The zero-order valence-corrected chi connectivity index (χ0v) is 13.3. The van der Waals surface area contributed by atoms with E-state index < -0.39 is 0 Å². The average molecular weight is 358 g/mol. The Labute approximate surface area is 126 Å². The third-order valence-corrected chi connectivity index (χ3v) is 3.08. The Morgan fingerprint density at radius 1 is 0.647 bits per heavy atom. The van der Waals surface area contributed by atoms with Gasteiger partial charge in [-0.2, -0.15) is 0 Å². The van der Waals surface area contributed by atoms with Crippen LogP contribution in [0.2, 0.25) is 0 Å². The first-order valence-corrected chi connectivity index (χ1v) is 6.32. The summed E-state index contributed by atoms with van der Waals surface area (Å²) in [7, 11) is 0.777. The minimum Gasteiger partial charge on any atom is -1.00 e. The van der Waals surface area contributed by atoms with Crippen LogP contribution in [0.4, 0.5) is 0 Å². The van der Waals surface area contributed by atoms with Crippen molar-refractivity contribution in [3.8, 4) is 0 Å². The molecule has 17 heavy (non-hydrogen) atoms. The molecular formula is C14H17ClPPd-. The zero-order chi connectivity index (χ0) is 10.9. The molecule has 0 spiro atoms. The van der Waals surface area contributed by atoms with E-state index in [0.29, 0.717) is 0 Å². The van der Waals surface area contributed by atoms with E-state index in [0.717, 1.165) is 8.58 Å². The smallest absolute Gasteiger partial charge is 0 e. The topological polar surface area (TPSA) is 0 Å². The largest absolute Gasteiger partial charge is 1.00 e. The quantitative estimate of drug-likeness (QED) is 0.537. The standard InChI is InChI=1S/C12H11P.C2H6.ClH.Pd/c1-3-7-11(8-4-1)13-12-9-5-2-6-10-12;1-2;;/h1-10,13H;1-2H3;1H;/p-1. The number of hydrogen-bond acceptors (Lipinski definition) is 0. The predicted molar refractivity (Wildman–Crippen MR) is 71.8 cm³/mol. The molecule has 0 unspecified atom stereocenters. The summed E-state index contributed by atoms with van der Waals surface area (Å²) in [5.41, 5.74) is 0. The van der Waals surface area contributed by atoms with Crippen LogP contribution in [0.3, 0.4) is 0 Å². The average Bonchev–Trinajstić information content (AvgIpc) is 2.34. The van der Waals surface area contributed by atoms with Crippen LogP contribution in [0.1, 0.15) is 13.8 Å². The maximum absolute atomic E-state index is 2.17. The maximum Gasteiger partial charge on any atom is 0 e. The van der Waals surface area contributed by atoms with E-state index in [2.05, 4.69) is 60.7 Å². The van der Waals surface area contributed by atoms with Crippen molar-refractivity contribution in [1.82, 2.24) is 0 Å². The van der Waals surface area contributed by atoms with Crippen molar-refractivity contribution in [2.45, 2.75) is 13.8 Å². The van der Waals surface area contributed by atoms with Gasteiger partial charge in [0.15, 0.2) is 0 Å². The fourth-order valence-corrected chi connectivity index (χ4v) is 2.26. The van der Waals surface area contributed by atoms with Gasteiger partial charge in [-0.05, 0) is 10.6 Å². The zero-order valence-electron chi connectivity index (χ0n) is 9.97. The molecule has 0 saturated heterocycles. The van der Waals surface area contributed by atoms with Crippen molar-refractivity contribution in [1.29, 1.82) is 0 Å². The number of hydrogen-bond donors (Lipinski definition) is 0. The first-order valence-electron chi connectivity index (χ1n) is 5.32. The minimum atomic E-state index is 0. The van der Waals surface area contributed by atoms with Crippen LogP contribution in [0, 0.1) is 0 Å². The Morgan fingerprint density at radius 3 is 1.24 bits per heavy atom. The van der Waals surface area contributed by atoms with Gasteiger partial charge in [-0.25, -0.2) is 0 Å². The molecule has 0 aliphatic heterocycles. The molecule has 0 N–H and O–H groups in total. The van der Waals surface area contributed by atoms with E-state index in [4.69, 9.17) is 0 Å². The van der Waals surface area contributed by atoms with Gasteiger partial charge in [0.05, 0.1) is 0 Å². The van der Waals surface area contributed by atoms with Crippen LogP contribution in [-0.2, 0) is 20.4 Å². The molecule has 2 aromatic rings. The fraction of sp³-hybridized carbons (Fsp3) is 0.143. The monoisotopic (exact) mass is 357 g/mol. The molecule has 0 aliphatic carbocycles. The van der Waals surface area contributed by atoms with Gasteiger partial charge in [-0.3, -0.25) is 0 Å². The van der Waals surface area contributed by atoms with E-state index in [1.54, 1.807) is 0 Å². The Kier molecular flexibility index (Phi) is 13.9. The molecular weight excluding hydrogens is 341 g/mol. The van der Waals surface area contributed by atoms with Crippen molar-refractivity contribution in [3.63, 3.8) is 0 Å². The first-order chi connectivity index (χ1) is 7.45. The first kappa shape index (κ1) is 19.2. The Morgan fingerprint density at radius 2 is 0.941 bits per heavy atom. The molecule has 0 saturated carbocycles. The van der Waals surface area contributed by atoms with Crippen LogP contribution in [0.15, 0.2) is 60.7 Å². The van der Waals surface area contributed by atoms with E-state index in [9.17, 15) is 0 Å². The van der Waals surface area contributed by atoms with Gasteiger partial charge in [-0.1, -0.05) is 83.1 Å². The second-order valence-electron chi connectivity index (χ2n) is 2.86. The molecule has 0 amide bonds. The van der Waals surface area contributed by atoms with Crippen LogP contribution < -0.4 is 23.0 Å². The van der Waals surface area contributed by atoms with Crippen LogP contribution in [-0.4, -0.2) is 0 Å². The molecule has 2 aromatic carbocycles. The summed E-state index contributed by atoms with van der Waals surface area (Å²) in [6, 6.07) is 21.2. The van der Waals surface area contributed by atoms with Gasteiger partial charge in [0.2, 0.25) is 0 Å². The molecule has 2 rings (SSSR count). The number of halogens is 1. The molecule has 0 heterocycles. The Hall–Kier alpha value is -0.178. The molecule has 0 atom stereocenters.